The zero-order chi connectivity index (χ0) is 26.9. The van der Waals surface area contributed by atoms with Gasteiger partial charge in [-0.05, 0) is 36.8 Å². The van der Waals surface area contributed by atoms with Gasteiger partial charge in [-0.2, -0.15) is 13.2 Å². The molecule has 38 heavy (non-hydrogen) atoms. The molecule has 1 aromatic carbocycles. The van der Waals surface area contributed by atoms with E-state index in [1.807, 2.05) is 6.26 Å². The first-order chi connectivity index (χ1) is 18.2. The van der Waals surface area contributed by atoms with E-state index in [2.05, 4.69) is 24.6 Å². The molecule has 3 aromatic rings. The van der Waals surface area contributed by atoms with Gasteiger partial charge in [0.15, 0.2) is 0 Å². The monoisotopic (exact) mass is 567 g/mol. The van der Waals surface area contributed by atoms with E-state index in [9.17, 15) is 18.0 Å². The largest absolute Gasteiger partial charge is 0.448 e. The molecule has 1 N–H and O–H groups in total. The highest BCUT2D eigenvalue weighted by atomic mass is 35.5. The lowest BCUT2D eigenvalue weighted by Crippen LogP contribution is -2.35. The number of amides is 1. The summed E-state index contributed by atoms with van der Waals surface area (Å²) in [7, 11) is 0. The highest BCUT2D eigenvalue weighted by Crippen LogP contribution is 2.36. The zero-order valence-corrected chi connectivity index (χ0v) is 22.0. The van der Waals surface area contributed by atoms with E-state index in [0.29, 0.717) is 30.4 Å². The van der Waals surface area contributed by atoms with Gasteiger partial charge in [0.25, 0.3) is 0 Å². The molecular weight excluding hydrogens is 543 g/mol. The van der Waals surface area contributed by atoms with Gasteiger partial charge in [0, 0.05) is 38.1 Å². The first-order valence-electron chi connectivity index (χ1n) is 12.0. The summed E-state index contributed by atoms with van der Waals surface area (Å²) in [6, 6.07) is 5.30. The molecule has 2 aliphatic heterocycles. The molecule has 2 fully saturated rings. The minimum absolute atomic E-state index is 0.0416. The van der Waals surface area contributed by atoms with Crippen molar-refractivity contribution in [1.29, 1.82) is 0 Å². The van der Waals surface area contributed by atoms with Crippen molar-refractivity contribution in [2.24, 2.45) is 0 Å². The van der Waals surface area contributed by atoms with Crippen LogP contribution in [0.25, 0.3) is 17.1 Å². The van der Waals surface area contributed by atoms with Crippen molar-refractivity contribution in [2.75, 3.05) is 37.8 Å². The van der Waals surface area contributed by atoms with Crippen LogP contribution in [-0.4, -0.2) is 73.4 Å². The van der Waals surface area contributed by atoms with Crippen LogP contribution >= 0.6 is 23.5 Å². The molecule has 202 valence electrons. The Bertz CT molecular complexity index is 1310. The summed E-state index contributed by atoms with van der Waals surface area (Å²) in [6.07, 6.45) is 2.30. The van der Waals surface area contributed by atoms with Gasteiger partial charge in [-0.25, -0.2) is 19.7 Å². The quantitative estimate of drug-likeness (QED) is 0.394. The topological polar surface area (TPSA) is 88.4 Å². The van der Waals surface area contributed by atoms with E-state index in [0.717, 1.165) is 37.7 Å². The molecule has 0 saturated carbocycles. The molecule has 4 heterocycles. The van der Waals surface area contributed by atoms with E-state index in [-0.39, 0.29) is 29.5 Å². The van der Waals surface area contributed by atoms with Gasteiger partial charge in [-0.3, -0.25) is 4.31 Å². The number of piperidine rings is 1. The number of imidazole rings is 1. The average molecular weight is 568 g/mol. The van der Waals surface area contributed by atoms with Crippen molar-refractivity contribution in [3.63, 3.8) is 0 Å². The normalized spacial score (nSPS) is 17.2. The van der Waals surface area contributed by atoms with E-state index in [1.165, 1.54) is 12.5 Å². The Morgan fingerprint density at radius 1 is 1.21 bits per heavy atom. The smallest absolute Gasteiger partial charge is 0.420 e. The van der Waals surface area contributed by atoms with Crippen molar-refractivity contribution in [1.82, 2.24) is 28.7 Å². The Morgan fingerprint density at radius 3 is 2.66 bits per heavy atom. The third kappa shape index (κ3) is 5.84. The molecule has 9 nitrogen and oxygen atoms in total. The molecule has 0 aliphatic carbocycles. The predicted molar refractivity (Wildman–Crippen MR) is 138 cm³/mol. The highest BCUT2D eigenvalue weighted by Gasteiger charge is 2.36. The molecule has 1 amide bonds. The maximum absolute atomic E-state index is 13.8. The molecule has 2 saturated heterocycles. The van der Waals surface area contributed by atoms with Gasteiger partial charge in [0.1, 0.15) is 29.9 Å². The third-order valence-electron chi connectivity index (χ3n) is 6.47. The summed E-state index contributed by atoms with van der Waals surface area (Å²) in [5.41, 5.74) is 0.0897. The lowest BCUT2D eigenvalue weighted by Gasteiger charge is -2.30. The Labute approximate surface area is 226 Å². The summed E-state index contributed by atoms with van der Waals surface area (Å²) in [4.78, 5) is 25.7. The number of anilines is 1. The van der Waals surface area contributed by atoms with Gasteiger partial charge < -0.3 is 19.5 Å². The summed E-state index contributed by atoms with van der Waals surface area (Å²) < 4.78 is 50.2. The van der Waals surface area contributed by atoms with Crippen molar-refractivity contribution < 1.29 is 22.7 Å². The van der Waals surface area contributed by atoms with Crippen LogP contribution in [-0.2, 0) is 17.5 Å². The molecule has 0 radical (unpaired) electrons. The lowest BCUT2D eigenvalue weighted by molar-refractivity contribution is -0.137. The Hall–Kier alpha value is -3.03. The van der Waals surface area contributed by atoms with Crippen molar-refractivity contribution in [2.45, 2.75) is 31.6 Å². The molecular formula is C24H25ClF3N7O2S. The number of rotatable bonds is 7. The Balaban J connectivity index is 1.38. The fourth-order valence-corrected chi connectivity index (χ4v) is 5.32. The van der Waals surface area contributed by atoms with Crippen LogP contribution in [0.15, 0.2) is 36.9 Å². The number of ether oxygens (including phenoxy) is 1. The summed E-state index contributed by atoms with van der Waals surface area (Å²) in [6.45, 7) is 2.93. The third-order valence-corrected chi connectivity index (χ3v) is 7.66. The van der Waals surface area contributed by atoms with Gasteiger partial charge in [0.05, 0.1) is 17.3 Å². The number of benzene rings is 1. The Kier molecular flexibility index (Phi) is 7.68. The molecule has 2 aromatic heterocycles. The highest BCUT2D eigenvalue weighted by molar-refractivity contribution is 7.96. The summed E-state index contributed by atoms with van der Waals surface area (Å²) in [5, 5.41) is 3.54. The first-order valence-corrected chi connectivity index (χ1v) is 13.5. The number of hydrogen-bond donors (Lipinski definition) is 1. The standard InChI is InChI=1S/C24H25ClF3N7O2S/c1-38-35-6-4-16(5-7-35)31-22-29-11-17(24(26,27)28)21(32-22)19-13-34(14-30-19)20-3-2-15(10-18(20)25)12-33-8-9-37-23(33)36/h2-3,10-11,13-14,16H,4-9,12H2,1H3,(H,29,31,32). The number of carbonyl (C=O) groups is 1. The number of cyclic esters (lactones) is 1. The van der Waals surface area contributed by atoms with E-state index in [4.69, 9.17) is 16.3 Å². The Morgan fingerprint density at radius 2 is 2.00 bits per heavy atom. The minimum Gasteiger partial charge on any atom is -0.448 e. The maximum Gasteiger partial charge on any atom is 0.420 e. The molecule has 0 bridgehead atoms. The number of nitrogens with one attached hydrogen (secondary N) is 1. The number of carbonyl (C=O) groups excluding carboxylic acids is 1. The van der Waals surface area contributed by atoms with Crippen LogP contribution < -0.4 is 5.32 Å². The number of alkyl halides is 3. The van der Waals surface area contributed by atoms with Gasteiger partial charge in [-0.15, -0.1) is 0 Å². The van der Waals surface area contributed by atoms with Gasteiger partial charge in [-0.1, -0.05) is 29.6 Å². The van der Waals surface area contributed by atoms with Crippen molar-refractivity contribution in [3.05, 3.63) is 53.1 Å². The molecule has 14 heteroatoms. The van der Waals surface area contributed by atoms with Crippen LogP contribution in [0.3, 0.4) is 0 Å². The SMILES string of the molecule is CSN1CCC(Nc2ncc(C(F)(F)F)c(-c3cn(-c4ccc(CN5CCOC5=O)cc4Cl)cn3)n2)CC1. The average Bonchev–Trinajstić information content (AvgIpc) is 3.53. The second-order valence-electron chi connectivity index (χ2n) is 8.97. The molecule has 0 atom stereocenters. The number of aromatic nitrogens is 4. The zero-order valence-electron chi connectivity index (χ0n) is 20.4. The minimum atomic E-state index is -4.66. The van der Waals surface area contributed by atoms with Gasteiger partial charge in [0.2, 0.25) is 5.95 Å². The van der Waals surface area contributed by atoms with Crippen LogP contribution in [0, 0.1) is 0 Å². The molecule has 0 spiro atoms. The molecule has 0 unspecified atom stereocenters. The second-order valence-corrected chi connectivity index (χ2v) is 10.3. The molecule has 5 rings (SSSR count). The fourth-order valence-electron chi connectivity index (χ4n) is 4.44. The fraction of sp³-hybridized carbons (Fsp3) is 0.417. The van der Waals surface area contributed by atoms with Crippen LogP contribution in [0.4, 0.5) is 23.9 Å². The van der Waals surface area contributed by atoms with E-state index in [1.54, 1.807) is 39.6 Å². The van der Waals surface area contributed by atoms with E-state index < -0.39 is 11.7 Å². The lowest BCUT2D eigenvalue weighted by atomic mass is 10.1. The summed E-state index contributed by atoms with van der Waals surface area (Å²) in [5.74, 6) is 0.132. The number of hydrogen-bond acceptors (Lipinski definition) is 8. The first kappa shape index (κ1) is 26.6. The predicted octanol–water partition coefficient (Wildman–Crippen LogP) is 5.11. The van der Waals surface area contributed by atoms with Crippen molar-refractivity contribution in [3.8, 4) is 17.1 Å². The molecule has 2 aliphatic rings. The van der Waals surface area contributed by atoms with Crippen LogP contribution in [0.2, 0.25) is 5.02 Å². The van der Waals surface area contributed by atoms with Crippen molar-refractivity contribution >= 4 is 35.6 Å². The number of nitrogens with zero attached hydrogens (tertiary/aromatic N) is 6. The number of halogens is 4. The summed E-state index contributed by atoms with van der Waals surface area (Å²) >= 11 is 8.17. The van der Waals surface area contributed by atoms with Crippen LogP contribution in [0.1, 0.15) is 24.0 Å². The van der Waals surface area contributed by atoms with E-state index >= 15 is 0 Å². The van der Waals surface area contributed by atoms with Crippen LogP contribution in [0.5, 0.6) is 0 Å². The maximum atomic E-state index is 13.8. The second kappa shape index (κ2) is 11.0. The van der Waals surface area contributed by atoms with Gasteiger partial charge >= 0.3 is 12.3 Å².